The number of hydrogen-bond donors (Lipinski definition) is 4. The average molecular weight is 1250 g/mol. The van der Waals surface area contributed by atoms with Gasteiger partial charge < -0.3 is 54.5 Å². The van der Waals surface area contributed by atoms with Crippen LogP contribution in [0.1, 0.15) is 106 Å². The number of nitrogens with one attached hydrogen (secondary N) is 3. The molecule has 6 aromatic rings. The minimum absolute atomic E-state index is 0.0111. The van der Waals surface area contributed by atoms with E-state index in [1.54, 1.807) is 73.5 Å². The molecule has 0 saturated heterocycles. The number of aromatic nitrogens is 1. The maximum absolute atomic E-state index is 14.8. The van der Waals surface area contributed by atoms with E-state index in [0.717, 1.165) is 26.5 Å². The van der Waals surface area contributed by atoms with Crippen LogP contribution in [0.5, 0.6) is 23.0 Å². The number of aliphatic hydroxyl groups excluding tert-OH is 1. The van der Waals surface area contributed by atoms with Gasteiger partial charge in [0.2, 0.25) is 17.7 Å². The molecule has 23 nitrogen and oxygen atoms in total. The monoisotopic (exact) mass is 1250 g/mol. The smallest absolute Gasteiger partial charge is 0.416 e. The SMILES string of the molecule is COc1cc2c(cc1OCc1ccnc(COc3cc4c(cc3OC)C(=O)N3Cc5ccccc5C[C@H]3C=N4)c1)N(C(=O)OCc1ccc(NC(=O)[C@H](C)NC(=O)[C@@H](NC(=O)CCCCCN3C(=O)C=CC3=O)C(C)C)cc1)C(O)C1Cc3ccccc3CN1C2=O. The van der Waals surface area contributed by atoms with Crippen LogP contribution in [0, 0.1) is 5.92 Å². The maximum Gasteiger partial charge on any atom is 0.416 e. The largest absolute Gasteiger partial charge is 0.493 e. The van der Waals surface area contributed by atoms with Crippen molar-refractivity contribution in [1.82, 2.24) is 30.3 Å². The topological polar surface area (TPSA) is 277 Å². The standard InChI is InChI=1S/C69H71N9O14/c1-40(2)63(74-60(79)17-7-6-12-26-75-61(80)22-23-62(75)81)65(83)72-41(3)64(82)73-48-20-18-42(19-21-48)37-92-69(87)78-54-33-59(57(89-5)31-52(54)67(85)77-36-47-16-11-9-14-45(47)29-55(77)68(78)86)90-38-43-24-25-70-49(27-43)39-91-58-32-53-51(30-56(58)88-4)66(84)76-35-46-15-10-8-13-44(46)28-50(76)34-71-53/h8-11,13-16,18-25,27,30-34,40-41,50,55,63,68,86H,6-7,12,17,26,28-29,35-39H2,1-5H3,(H,72,83)(H,73,82)(H,74,79)/t41-,50-,55?,63-,68?/m0/s1. The molecule has 92 heavy (non-hydrogen) atoms. The number of anilines is 2. The highest BCUT2D eigenvalue weighted by molar-refractivity contribution is 6.13. The molecule has 476 valence electrons. The van der Waals surface area contributed by atoms with Crippen molar-refractivity contribution in [3.8, 4) is 23.0 Å². The Hall–Kier alpha value is -10.4. The summed E-state index contributed by atoms with van der Waals surface area (Å²) in [4.78, 5) is 121. The van der Waals surface area contributed by atoms with Gasteiger partial charge in [-0.1, -0.05) is 80.9 Å². The molecule has 0 bridgehead atoms. The fraction of sp³-hybridized carbons (Fsp3) is 0.333. The van der Waals surface area contributed by atoms with Gasteiger partial charge in [0.25, 0.3) is 23.6 Å². The van der Waals surface area contributed by atoms with Crippen LogP contribution >= 0.6 is 0 Å². The van der Waals surface area contributed by atoms with Crippen LogP contribution in [0.4, 0.5) is 21.9 Å². The number of amides is 8. The van der Waals surface area contributed by atoms with Crippen molar-refractivity contribution in [1.29, 1.82) is 0 Å². The molecule has 23 heteroatoms. The predicted molar refractivity (Wildman–Crippen MR) is 337 cm³/mol. The van der Waals surface area contributed by atoms with Crippen molar-refractivity contribution < 1.29 is 67.1 Å². The summed E-state index contributed by atoms with van der Waals surface area (Å²) in [5.41, 5.74) is 7.15. The number of nitrogens with zero attached hydrogens (tertiary/aromatic N) is 6. The van der Waals surface area contributed by atoms with Gasteiger partial charge in [0.15, 0.2) is 29.2 Å². The van der Waals surface area contributed by atoms with Crippen molar-refractivity contribution >= 4 is 70.7 Å². The molecule has 11 rings (SSSR count). The van der Waals surface area contributed by atoms with Gasteiger partial charge in [-0.05, 0) is 108 Å². The molecule has 0 saturated carbocycles. The molecule has 2 unspecified atom stereocenters. The Morgan fingerprint density at radius 2 is 1.29 bits per heavy atom. The lowest BCUT2D eigenvalue weighted by Crippen LogP contribution is -2.55. The van der Waals surface area contributed by atoms with E-state index in [0.29, 0.717) is 77.5 Å². The van der Waals surface area contributed by atoms with Crippen LogP contribution in [-0.2, 0) is 74.5 Å². The number of methoxy groups -OCH3 is 2. The first kappa shape index (κ1) is 63.2. The minimum Gasteiger partial charge on any atom is -0.493 e. The third kappa shape index (κ3) is 13.8. The summed E-state index contributed by atoms with van der Waals surface area (Å²) in [6.07, 6.45) is 5.94. The molecular weight excluding hydrogens is 1180 g/mol. The van der Waals surface area contributed by atoms with Gasteiger partial charge in [-0.3, -0.25) is 48.4 Å². The van der Waals surface area contributed by atoms with Crippen LogP contribution < -0.4 is 39.8 Å². The lowest BCUT2D eigenvalue weighted by molar-refractivity contribution is -0.137. The molecule has 0 radical (unpaired) electrons. The Kier molecular flexibility index (Phi) is 19.1. The van der Waals surface area contributed by atoms with Crippen molar-refractivity contribution in [2.24, 2.45) is 10.9 Å². The number of unbranched alkanes of at least 4 members (excludes halogenated alkanes) is 2. The lowest BCUT2D eigenvalue weighted by Gasteiger charge is -2.39. The maximum atomic E-state index is 14.8. The summed E-state index contributed by atoms with van der Waals surface area (Å²) in [5.74, 6) is -1.99. The molecule has 5 aromatic carbocycles. The van der Waals surface area contributed by atoms with Crippen molar-refractivity contribution in [2.75, 3.05) is 31.0 Å². The highest BCUT2D eigenvalue weighted by Crippen LogP contribution is 2.43. The van der Waals surface area contributed by atoms with Gasteiger partial charge >= 0.3 is 6.09 Å². The number of benzene rings is 5. The molecule has 5 aliphatic rings. The summed E-state index contributed by atoms with van der Waals surface area (Å²) in [6, 6.07) is 29.0. The molecule has 8 amide bonds. The zero-order valence-electron chi connectivity index (χ0n) is 51.6. The molecule has 6 heterocycles. The lowest BCUT2D eigenvalue weighted by atomic mass is 9.93. The molecule has 0 aliphatic carbocycles. The number of carbonyl (C=O) groups is 8. The summed E-state index contributed by atoms with van der Waals surface area (Å²) in [7, 11) is 2.94. The van der Waals surface area contributed by atoms with Crippen molar-refractivity contribution in [2.45, 2.75) is 123 Å². The number of aliphatic imine (C=N–C) groups is 1. The molecule has 0 fully saturated rings. The molecule has 5 aliphatic heterocycles. The zero-order valence-corrected chi connectivity index (χ0v) is 51.6. The fourth-order valence-electron chi connectivity index (χ4n) is 11.9. The fourth-order valence-corrected chi connectivity index (χ4v) is 11.9. The highest BCUT2D eigenvalue weighted by atomic mass is 16.6. The molecule has 0 spiro atoms. The molecule has 1 aromatic heterocycles. The first-order valence-corrected chi connectivity index (χ1v) is 30.6. The van der Waals surface area contributed by atoms with Gasteiger partial charge in [-0.15, -0.1) is 0 Å². The van der Waals surface area contributed by atoms with Crippen LogP contribution in [0.25, 0.3) is 0 Å². The van der Waals surface area contributed by atoms with E-state index in [1.807, 2.05) is 53.6 Å². The van der Waals surface area contributed by atoms with Crippen LogP contribution in [0.2, 0.25) is 0 Å². The van der Waals surface area contributed by atoms with E-state index in [-0.39, 0.29) is 104 Å². The van der Waals surface area contributed by atoms with E-state index in [4.69, 9.17) is 28.7 Å². The number of fused-ring (bicyclic) bond motifs is 6. The molecular formula is C69H71N9O14. The van der Waals surface area contributed by atoms with Gasteiger partial charge in [-0.25, -0.2) is 9.69 Å². The Balaban J connectivity index is 0.733. The van der Waals surface area contributed by atoms with E-state index in [2.05, 4.69) is 27.0 Å². The number of aliphatic hydroxyl groups is 1. The Labute approximate surface area is 531 Å². The van der Waals surface area contributed by atoms with Gasteiger partial charge in [-0.2, -0.15) is 0 Å². The number of imide groups is 1. The molecule has 4 N–H and O–H groups in total. The Bertz CT molecular complexity index is 3910. The third-order valence-electron chi connectivity index (χ3n) is 17.0. The van der Waals surface area contributed by atoms with Crippen LogP contribution in [0.15, 0.2) is 133 Å². The van der Waals surface area contributed by atoms with Gasteiger partial charge in [0.1, 0.15) is 31.9 Å². The summed E-state index contributed by atoms with van der Waals surface area (Å²) in [6.45, 7) is 5.65. The Morgan fingerprint density at radius 3 is 1.99 bits per heavy atom. The second-order valence-corrected chi connectivity index (χ2v) is 23.5. The first-order chi connectivity index (χ1) is 44.4. The van der Waals surface area contributed by atoms with Crippen LogP contribution in [-0.4, -0.2) is 130 Å². The van der Waals surface area contributed by atoms with Crippen LogP contribution in [0.3, 0.4) is 0 Å². The van der Waals surface area contributed by atoms with E-state index < -0.39 is 48.2 Å². The average Bonchev–Trinajstić information content (AvgIpc) is 1.58. The third-order valence-corrected chi connectivity index (χ3v) is 17.0. The van der Waals surface area contributed by atoms with E-state index in [9.17, 15) is 43.5 Å². The number of carbonyl (C=O) groups excluding carboxylic acids is 8. The van der Waals surface area contributed by atoms with Crippen molar-refractivity contribution in [3.05, 3.63) is 178 Å². The second-order valence-electron chi connectivity index (χ2n) is 23.5. The van der Waals surface area contributed by atoms with Gasteiger partial charge in [0, 0.05) is 68.4 Å². The number of rotatable bonds is 22. The van der Waals surface area contributed by atoms with E-state index in [1.165, 1.54) is 51.0 Å². The minimum atomic E-state index is -1.59. The normalized spacial score (nSPS) is 17.6. The number of pyridine rings is 1. The number of hydrogen-bond acceptors (Lipinski definition) is 16. The first-order valence-electron chi connectivity index (χ1n) is 30.6. The number of ether oxygens (including phenoxy) is 5. The zero-order chi connectivity index (χ0) is 64.7. The summed E-state index contributed by atoms with van der Waals surface area (Å²) in [5, 5.41) is 20.6. The summed E-state index contributed by atoms with van der Waals surface area (Å²) < 4.78 is 30.2. The quantitative estimate of drug-likeness (QED) is 0.0375. The van der Waals surface area contributed by atoms with Gasteiger partial charge in [0.05, 0.1) is 54.5 Å². The summed E-state index contributed by atoms with van der Waals surface area (Å²) >= 11 is 0. The van der Waals surface area contributed by atoms with E-state index >= 15 is 0 Å². The Morgan fingerprint density at radius 1 is 0.652 bits per heavy atom. The second kappa shape index (κ2) is 27.8. The molecule has 5 atom stereocenters. The highest BCUT2D eigenvalue weighted by Gasteiger charge is 2.46. The van der Waals surface area contributed by atoms with Crippen molar-refractivity contribution in [3.63, 3.8) is 0 Å². The predicted octanol–water partition coefficient (Wildman–Crippen LogP) is 7.65.